The molecule has 138 valence electrons. The Bertz CT molecular complexity index is 888. The van der Waals surface area contributed by atoms with Crippen LogP contribution in [0.5, 0.6) is 5.75 Å². The molecule has 0 aliphatic rings. The number of hydrogen-bond donors (Lipinski definition) is 0. The molecule has 2 aromatic carbocycles. The zero-order valence-corrected chi connectivity index (χ0v) is 15.7. The molecule has 1 amide bonds. The molecule has 0 N–H and O–H groups in total. The van der Waals surface area contributed by atoms with Crippen LogP contribution in [-0.2, 0) is 14.8 Å². The van der Waals surface area contributed by atoms with E-state index in [1.54, 1.807) is 37.5 Å². The molecule has 0 atom stereocenters. The average Bonchev–Trinajstić information content (AvgIpc) is 2.65. The fraction of sp³-hybridized carbons (Fsp3) is 0.211. The highest BCUT2D eigenvalue weighted by Gasteiger charge is 2.29. The van der Waals surface area contributed by atoms with Crippen LogP contribution >= 0.6 is 0 Å². The number of para-hydroxylation sites is 1. The molecule has 6 nitrogen and oxygen atoms in total. The third-order valence-corrected chi connectivity index (χ3v) is 5.44. The number of methoxy groups -OCH3 is 2. The van der Waals surface area contributed by atoms with Gasteiger partial charge in [-0.3, -0.25) is 0 Å². The van der Waals surface area contributed by atoms with Gasteiger partial charge in [0.1, 0.15) is 5.75 Å². The Morgan fingerprint density at radius 3 is 2.35 bits per heavy atom. The van der Waals surface area contributed by atoms with E-state index in [0.717, 1.165) is 18.2 Å². The maximum atomic E-state index is 12.8. The van der Waals surface area contributed by atoms with Gasteiger partial charge in [0, 0.05) is 5.56 Å². The standard InChI is InChI=1S/C19H21NO5S/c1-15-10-12-17(13-11-15)26(22,23)20(19(21)25-3)14-6-8-16-7-4-5-9-18(16)24-2/h4-13H,14H2,1-3H3/b8-6+. The minimum atomic E-state index is -4.02. The van der Waals surface area contributed by atoms with Crippen molar-refractivity contribution in [2.45, 2.75) is 11.8 Å². The molecular weight excluding hydrogens is 354 g/mol. The summed E-state index contributed by atoms with van der Waals surface area (Å²) in [6, 6.07) is 13.6. The van der Waals surface area contributed by atoms with Crippen LogP contribution in [0.1, 0.15) is 11.1 Å². The van der Waals surface area contributed by atoms with Crippen LogP contribution in [0, 0.1) is 6.92 Å². The summed E-state index contributed by atoms with van der Waals surface area (Å²) < 4.78 is 36.1. The first-order valence-electron chi connectivity index (χ1n) is 7.87. The second-order valence-corrected chi connectivity index (χ2v) is 7.33. The topological polar surface area (TPSA) is 72.9 Å². The van der Waals surface area contributed by atoms with E-state index < -0.39 is 16.1 Å². The first kappa shape index (κ1) is 19.5. The summed E-state index contributed by atoms with van der Waals surface area (Å²) in [4.78, 5) is 12.1. The van der Waals surface area contributed by atoms with E-state index in [1.165, 1.54) is 12.1 Å². The quantitative estimate of drug-likeness (QED) is 0.773. The monoisotopic (exact) mass is 375 g/mol. The number of sulfonamides is 1. The van der Waals surface area contributed by atoms with E-state index in [0.29, 0.717) is 10.1 Å². The van der Waals surface area contributed by atoms with Gasteiger partial charge < -0.3 is 9.47 Å². The lowest BCUT2D eigenvalue weighted by Gasteiger charge is -2.19. The zero-order valence-electron chi connectivity index (χ0n) is 14.9. The van der Waals surface area contributed by atoms with Crippen LogP contribution < -0.4 is 4.74 Å². The van der Waals surface area contributed by atoms with Gasteiger partial charge in [0.2, 0.25) is 0 Å². The van der Waals surface area contributed by atoms with E-state index in [4.69, 9.17) is 4.74 Å². The maximum Gasteiger partial charge on any atom is 0.423 e. The molecule has 0 unspecified atom stereocenters. The molecule has 2 aromatic rings. The molecule has 0 bridgehead atoms. The molecule has 0 saturated carbocycles. The van der Waals surface area contributed by atoms with Gasteiger partial charge in [-0.25, -0.2) is 13.2 Å². The van der Waals surface area contributed by atoms with E-state index in [-0.39, 0.29) is 11.4 Å². The number of nitrogens with zero attached hydrogens (tertiary/aromatic N) is 1. The number of aryl methyl sites for hydroxylation is 1. The Kier molecular flexibility index (Phi) is 6.41. The molecule has 0 heterocycles. The predicted molar refractivity (Wildman–Crippen MR) is 99.5 cm³/mol. The van der Waals surface area contributed by atoms with Crippen LogP contribution in [-0.4, -0.2) is 39.6 Å². The van der Waals surface area contributed by atoms with Crippen LogP contribution in [0.4, 0.5) is 4.79 Å². The molecule has 0 saturated heterocycles. The van der Waals surface area contributed by atoms with Crippen LogP contribution in [0.2, 0.25) is 0 Å². The second kappa shape index (κ2) is 8.53. The highest BCUT2D eigenvalue weighted by atomic mass is 32.2. The Morgan fingerprint density at radius 2 is 1.73 bits per heavy atom. The molecule has 0 fully saturated rings. The van der Waals surface area contributed by atoms with Crippen molar-refractivity contribution in [1.29, 1.82) is 0 Å². The largest absolute Gasteiger partial charge is 0.496 e. The minimum Gasteiger partial charge on any atom is -0.496 e. The summed E-state index contributed by atoms with van der Waals surface area (Å²) in [5, 5.41) is 0. The van der Waals surface area contributed by atoms with Crippen LogP contribution in [0.15, 0.2) is 59.5 Å². The van der Waals surface area contributed by atoms with E-state index in [1.807, 2.05) is 25.1 Å². The van der Waals surface area contributed by atoms with Crippen LogP contribution in [0.25, 0.3) is 6.08 Å². The third-order valence-electron chi connectivity index (χ3n) is 3.69. The number of hydrogen-bond acceptors (Lipinski definition) is 5. The summed E-state index contributed by atoms with van der Waals surface area (Å²) in [5.74, 6) is 0.648. The zero-order chi connectivity index (χ0) is 19.2. The van der Waals surface area contributed by atoms with Crippen molar-refractivity contribution in [3.63, 3.8) is 0 Å². The summed E-state index contributed by atoms with van der Waals surface area (Å²) in [7, 11) is -1.33. The lowest BCUT2D eigenvalue weighted by molar-refractivity contribution is 0.151. The van der Waals surface area contributed by atoms with Crippen LogP contribution in [0.3, 0.4) is 0 Å². The molecule has 0 aliphatic heterocycles. The number of amides is 1. The van der Waals surface area contributed by atoms with Gasteiger partial charge in [0.25, 0.3) is 10.0 Å². The predicted octanol–water partition coefficient (Wildman–Crippen LogP) is 3.47. The van der Waals surface area contributed by atoms with E-state index in [9.17, 15) is 13.2 Å². The lowest BCUT2D eigenvalue weighted by atomic mass is 10.2. The second-order valence-electron chi connectivity index (χ2n) is 5.46. The van der Waals surface area contributed by atoms with Crippen molar-refractivity contribution in [2.75, 3.05) is 20.8 Å². The maximum absolute atomic E-state index is 12.8. The Morgan fingerprint density at radius 1 is 1.08 bits per heavy atom. The van der Waals surface area contributed by atoms with Crippen molar-refractivity contribution in [3.8, 4) is 5.75 Å². The fourth-order valence-corrected chi connectivity index (χ4v) is 3.58. The summed E-state index contributed by atoms with van der Waals surface area (Å²) in [6.07, 6.45) is 2.31. The minimum absolute atomic E-state index is 0.0270. The Labute approximate surface area is 153 Å². The summed E-state index contributed by atoms with van der Waals surface area (Å²) in [6.45, 7) is 1.69. The van der Waals surface area contributed by atoms with Gasteiger partial charge in [-0.05, 0) is 25.1 Å². The van der Waals surface area contributed by atoms with Gasteiger partial charge in [-0.15, -0.1) is 0 Å². The SMILES string of the molecule is COC(=O)N(C/C=C/c1ccccc1OC)S(=O)(=O)c1ccc(C)cc1. The molecular formula is C19H21NO5S. The first-order valence-corrected chi connectivity index (χ1v) is 9.31. The number of carbonyl (C=O) groups is 1. The first-order chi connectivity index (χ1) is 12.4. The van der Waals surface area contributed by atoms with E-state index in [2.05, 4.69) is 4.74 Å². The van der Waals surface area contributed by atoms with Crippen molar-refractivity contribution in [3.05, 3.63) is 65.7 Å². The van der Waals surface area contributed by atoms with Gasteiger partial charge >= 0.3 is 6.09 Å². The smallest absolute Gasteiger partial charge is 0.423 e. The molecule has 2 rings (SSSR count). The van der Waals surface area contributed by atoms with Crippen molar-refractivity contribution in [1.82, 2.24) is 4.31 Å². The average molecular weight is 375 g/mol. The molecule has 7 heteroatoms. The van der Waals surface area contributed by atoms with E-state index >= 15 is 0 Å². The highest BCUT2D eigenvalue weighted by Crippen LogP contribution is 2.20. The molecule has 0 spiro atoms. The fourth-order valence-electron chi connectivity index (χ4n) is 2.29. The number of rotatable bonds is 6. The van der Waals surface area contributed by atoms with Gasteiger partial charge in [0.15, 0.2) is 0 Å². The Hall–Kier alpha value is -2.80. The van der Waals surface area contributed by atoms with Crippen molar-refractivity contribution >= 4 is 22.2 Å². The van der Waals surface area contributed by atoms with Gasteiger partial charge in [-0.1, -0.05) is 48.0 Å². The number of carbonyl (C=O) groups excluding carboxylic acids is 1. The molecule has 0 radical (unpaired) electrons. The molecule has 0 aromatic heterocycles. The normalized spacial score (nSPS) is 11.3. The number of ether oxygens (including phenoxy) is 2. The third kappa shape index (κ3) is 4.43. The summed E-state index contributed by atoms with van der Waals surface area (Å²) >= 11 is 0. The highest BCUT2D eigenvalue weighted by molar-refractivity contribution is 7.89. The van der Waals surface area contributed by atoms with Gasteiger partial charge in [-0.2, -0.15) is 4.31 Å². The summed E-state index contributed by atoms with van der Waals surface area (Å²) in [5.41, 5.74) is 1.69. The van der Waals surface area contributed by atoms with Crippen molar-refractivity contribution in [2.24, 2.45) is 0 Å². The lowest BCUT2D eigenvalue weighted by Crippen LogP contribution is -2.37. The molecule has 0 aliphatic carbocycles. The number of benzene rings is 2. The van der Waals surface area contributed by atoms with Crippen molar-refractivity contribution < 1.29 is 22.7 Å². The molecule has 26 heavy (non-hydrogen) atoms. The van der Waals surface area contributed by atoms with Gasteiger partial charge in [0.05, 0.1) is 25.7 Å². The Balaban J connectivity index is 2.29.